The van der Waals surface area contributed by atoms with Crippen LogP contribution in [0.4, 0.5) is 0 Å². The lowest BCUT2D eigenvalue weighted by Gasteiger charge is -2.05. The summed E-state index contributed by atoms with van der Waals surface area (Å²) in [5, 5.41) is 7.65. The van der Waals surface area contributed by atoms with Crippen LogP contribution in [-0.4, -0.2) is 5.84 Å². The van der Waals surface area contributed by atoms with Gasteiger partial charge in [-0.3, -0.25) is 5.41 Å². The normalized spacial score (nSPS) is 11.2. The predicted octanol–water partition coefficient (Wildman–Crippen LogP) is 3.16. The van der Waals surface area contributed by atoms with E-state index in [1.165, 1.54) is 0 Å². The summed E-state index contributed by atoms with van der Waals surface area (Å²) in [4.78, 5) is 0. The van der Waals surface area contributed by atoms with Crippen LogP contribution in [0.2, 0.25) is 0 Å². The van der Waals surface area contributed by atoms with E-state index in [0.29, 0.717) is 0 Å². The van der Waals surface area contributed by atoms with E-state index in [1.807, 2.05) is 66.7 Å². The number of nitrogens with two attached hydrogens (primary N) is 1. The van der Waals surface area contributed by atoms with Gasteiger partial charge in [0, 0.05) is 5.57 Å². The summed E-state index contributed by atoms with van der Waals surface area (Å²) >= 11 is 0. The van der Waals surface area contributed by atoms with Crippen molar-refractivity contribution >= 4 is 17.5 Å². The summed E-state index contributed by atoms with van der Waals surface area (Å²) in [6, 6.07) is 19.6. The zero-order valence-corrected chi connectivity index (χ0v) is 9.43. The van der Waals surface area contributed by atoms with Crippen LogP contribution in [-0.2, 0) is 0 Å². The highest BCUT2D eigenvalue weighted by atomic mass is 14.7. The SMILES string of the molecule is N=C(N)C(=Cc1ccccc1)c1ccccc1. The molecule has 0 heterocycles. The smallest absolute Gasteiger partial charge is 0.123 e. The highest BCUT2D eigenvalue weighted by molar-refractivity contribution is 6.24. The molecule has 0 aliphatic rings. The molecule has 0 aliphatic carbocycles. The molecule has 0 bridgehead atoms. The van der Waals surface area contributed by atoms with Gasteiger partial charge in [0.15, 0.2) is 0 Å². The zero-order chi connectivity index (χ0) is 12.1. The largest absolute Gasteiger partial charge is 0.384 e. The van der Waals surface area contributed by atoms with Crippen molar-refractivity contribution in [2.24, 2.45) is 5.73 Å². The van der Waals surface area contributed by atoms with E-state index < -0.39 is 0 Å². The molecule has 0 aliphatic heterocycles. The molecule has 84 valence electrons. The minimum atomic E-state index is 0.0834. The fourth-order valence-electron chi connectivity index (χ4n) is 1.65. The molecule has 0 unspecified atom stereocenters. The van der Waals surface area contributed by atoms with Crippen molar-refractivity contribution in [3.8, 4) is 0 Å². The number of amidine groups is 1. The molecule has 2 aromatic rings. The Morgan fingerprint density at radius 2 is 1.41 bits per heavy atom. The molecule has 0 saturated heterocycles. The van der Waals surface area contributed by atoms with E-state index in [4.69, 9.17) is 11.1 Å². The topological polar surface area (TPSA) is 49.9 Å². The molecule has 3 N–H and O–H groups in total. The predicted molar refractivity (Wildman–Crippen MR) is 72.7 cm³/mol. The first-order valence-corrected chi connectivity index (χ1v) is 5.44. The van der Waals surface area contributed by atoms with Gasteiger partial charge < -0.3 is 5.73 Å². The van der Waals surface area contributed by atoms with E-state index in [-0.39, 0.29) is 5.84 Å². The van der Waals surface area contributed by atoms with Crippen molar-refractivity contribution < 1.29 is 0 Å². The zero-order valence-electron chi connectivity index (χ0n) is 9.43. The van der Waals surface area contributed by atoms with Gasteiger partial charge in [0.25, 0.3) is 0 Å². The van der Waals surface area contributed by atoms with Gasteiger partial charge >= 0.3 is 0 Å². The first-order chi connectivity index (χ1) is 8.27. The van der Waals surface area contributed by atoms with Crippen molar-refractivity contribution in [2.75, 3.05) is 0 Å². The standard InChI is InChI=1S/C15H14N2/c16-15(17)14(13-9-5-2-6-10-13)11-12-7-3-1-4-8-12/h1-11H,(H3,16,17). The Hall–Kier alpha value is -2.35. The molecule has 0 aromatic heterocycles. The fraction of sp³-hybridized carbons (Fsp3) is 0. The average molecular weight is 222 g/mol. The first kappa shape index (κ1) is 11.1. The molecular weight excluding hydrogens is 208 g/mol. The Morgan fingerprint density at radius 1 is 0.882 bits per heavy atom. The van der Waals surface area contributed by atoms with Crippen LogP contribution < -0.4 is 5.73 Å². The average Bonchev–Trinajstić information content (AvgIpc) is 2.38. The lowest BCUT2D eigenvalue weighted by Crippen LogP contribution is -2.11. The molecule has 2 aromatic carbocycles. The van der Waals surface area contributed by atoms with Crippen LogP contribution in [0.3, 0.4) is 0 Å². The number of benzene rings is 2. The van der Waals surface area contributed by atoms with Crippen molar-refractivity contribution in [1.82, 2.24) is 0 Å². The van der Waals surface area contributed by atoms with Gasteiger partial charge in [-0.1, -0.05) is 60.7 Å². The van der Waals surface area contributed by atoms with Crippen LogP contribution >= 0.6 is 0 Å². The van der Waals surface area contributed by atoms with Crippen molar-refractivity contribution in [1.29, 1.82) is 5.41 Å². The highest BCUT2D eigenvalue weighted by Gasteiger charge is 2.04. The van der Waals surface area contributed by atoms with Gasteiger partial charge in [0.2, 0.25) is 0 Å². The number of hydrogen-bond donors (Lipinski definition) is 2. The van der Waals surface area contributed by atoms with E-state index in [2.05, 4.69) is 0 Å². The maximum atomic E-state index is 7.65. The Bertz CT molecular complexity index is 527. The van der Waals surface area contributed by atoms with E-state index >= 15 is 0 Å². The summed E-state index contributed by atoms with van der Waals surface area (Å²) in [6.07, 6.45) is 1.93. The molecule has 0 atom stereocenters. The Kier molecular flexibility index (Phi) is 3.36. The fourth-order valence-corrected chi connectivity index (χ4v) is 1.65. The minimum absolute atomic E-state index is 0.0834. The lowest BCUT2D eigenvalue weighted by atomic mass is 10.0. The van der Waals surface area contributed by atoms with E-state index in [1.54, 1.807) is 0 Å². The number of rotatable bonds is 3. The lowest BCUT2D eigenvalue weighted by molar-refractivity contribution is 1.46. The van der Waals surface area contributed by atoms with Gasteiger partial charge in [-0.05, 0) is 17.2 Å². The van der Waals surface area contributed by atoms with Crippen molar-refractivity contribution in [2.45, 2.75) is 0 Å². The maximum absolute atomic E-state index is 7.65. The minimum Gasteiger partial charge on any atom is -0.384 e. The Morgan fingerprint density at radius 3 is 1.94 bits per heavy atom. The molecule has 17 heavy (non-hydrogen) atoms. The third-order valence-corrected chi connectivity index (χ3v) is 2.49. The van der Waals surface area contributed by atoms with Gasteiger partial charge in [-0.2, -0.15) is 0 Å². The van der Waals surface area contributed by atoms with Gasteiger partial charge in [-0.25, -0.2) is 0 Å². The Labute approximate surface area is 101 Å². The summed E-state index contributed by atoms with van der Waals surface area (Å²) in [6.45, 7) is 0. The van der Waals surface area contributed by atoms with Crippen molar-refractivity contribution in [3.63, 3.8) is 0 Å². The molecule has 0 spiro atoms. The number of nitrogens with one attached hydrogen (secondary N) is 1. The van der Waals surface area contributed by atoms with Gasteiger partial charge in [0.05, 0.1) is 0 Å². The first-order valence-electron chi connectivity index (χ1n) is 5.44. The second-order valence-corrected chi connectivity index (χ2v) is 3.75. The third-order valence-electron chi connectivity index (χ3n) is 2.49. The molecule has 0 saturated carbocycles. The number of hydrogen-bond acceptors (Lipinski definition) is 1. The molecule has 2 heteroatoms. The maximum Gasteiger partial charge on any atom is 0.123 e. The molecular formula is C15H14N2. The third kappa shape index (κ3) is 2.82. The van der Waals surface area contributed by atoms with Crippen LogP contribution in [0.1, 0.15) is 11.1 Å². The molecule has 2 nitrogen and oxygen atoms in total. The highest BCUT2D eigenvalue weighted by Crippen LogP contribution is 2.17. The van der Waals surface area contributed by atoms with Crippen LogP contribution in [0.15, 0.2) is 60.7 Å². The van der Waals surface area contributed by atoms with Crippen LogP contribution in [0, 0.1) is 5.41 Å². The summed E-state index contributed by atoms with van der Waals surface area (Å²) in [5.74, 6) is 0.0834. The summed E-state index contributed by atoms with van der Waals surface area (Å²) in [5.41, 5.74) is 8.38. The molecule has 0 fully saturated rings. The van der Waals surface area contributed by atoms with E-state index in [9.17, 15) is 0 Å². The van der Waals surface area contributed by atoms with Crippen LogP contribution in [0.25, 0.3) is 11.6 Å². The quantitative estimate of drug-likeness (QED) is 0.468. The summed E-state index contributed by atoms with van der Waals surface area (Å²) < 4.78 is 0. The second-order valence-electron chi connectivity index (χ2n) is 3.75. The second kappa shape index (κ2) is 5.12. The molecule has 2 rings (SSSR count). The van der Waals surface area contributed by atoms with Crippen molar-refractivity contribution in [3.05, 3.63) is 71.8 Å². The summed E-state index contributed by atoms with van der Waals surface area (Å²) in [7, 11) is 0. The monoisotopic (exact) mass is 222 g/mol. The molecule has 0 amide bonds. The van der Waals surface area contributed by atoms with Gasteiger partial charge in [0.1, 0.15) is 5.84 Å². The Balaban J connectivity index is 2.44. The van der Waals surface area contributed by atoms with E-state index in [0.717, 1.165) is 16.7 Å². The van der Waals surface area contributed by atoms with Crippen LogP contribution in [0.5, 0.6) is 0 Å². The van der Waals surface area contributed by atoms with Gasteiger partial charge in [-0.15, -0.1) is 0 Å². The molecule has 0 radical (unpaired) electrons.